The topological polar surface area (TPSA) is 32.3 Å². The Morgan fingerprint density at radius 3 is 2.79 bits per heavy atom. The number of unbranched alkanes of at least 4 members (excludes halogenated alkanes) is 2. The summed E-state index contributed by atoms with van der Waals surface area (Å²) in [6.07, 6.45) is 9.31. The van der Waals surface area contributed by atoms with E-state index in [1.165, 1.54) is 31.4 Å². The SMILES string of the molecule is CSCCCCCNC1CCCC1O. The minimum atomic E-state index is -0.0822. The van der Waals surface area contributed by atoms with Gasteiger partial charge in [0, 0.05) is 6.04 Å². The van der Waals surface area contributed by atoms with E-state index >= 15 is 0 Å². The van der Waals surface area contributed by atoms with Gasteiger partial charge in [0.1, 0.15) is 0 Å². The minimum absolute atomic E-state index is 0.0822. The number of thioether (sulfide) groups is 1. The summed E-state index contributed by atoms with van der Waals surface area (Å²) in [6.45, 7) is 1.08. The molecule has 1 fully saturated rings. The van der Waals surface area contributed by atoms with Crippen LogP contribution >= 0.6 is 11.8 Å². The summed E-state index contributed by atoms with van der Waals surface area (Å²) in [4.78, 5) is 0. The number of hydrogen-bond acceptors (Lipinski definition) is 3. The van der Waals surface area contributed by atoms with Gasteiger partial charge in [-0.1, -0.05) is 6.42 Å². The summed E-state index contributed by atoms with van der Waals surface area (Å²) < 4.78 is 0. The maximum absolute atomic E-state index is 9.56. The van der Waals surface area contributed by atoms with Crippen molar-refractivity contribution in [1.82, 2.24) is 5.32 Å². The van der Waals surface area contributed by atoms with E-state index in [1.54, 1.807) is 0 Å². The molecule has 2 nitrogen and oxygen atoms in total. The summed E-state index contributed by atoms with van der Waals surface area (Å²) >= 11 is 1.92. The Bertz CT molecular complexity index is 143. The maximum Gasteiger partial charge on any atom is 0.0693 e. The maximum atomic E-state index is 9.56. The summed E-state index contributed by atoms with van der Waals surface area (Å²) in [5, 5.41) is 13.0. The van der Waals surface area contributed by atoms with Crippen LogP contribution in [0.2, 0.25) is 0 Å². The molecule has 0 aromatic carbocycles. The summed E-state index contributed by atoms with van der Waals surface area (Å²) in [6, 6.07) is 0.385. The van der Waals surface area contributed by atoms with Gasteiger partial charge in [0.25, 0.3) is 0 Å². The Balaban J connectivity index is 1.88. The lowest BCUT2D eigenvalue weighted by Crippen LogP contribution is -2.36. The molecule has 1 aliphatic carbocycles. The molecule has 2 N–H and O–H groups in total. The molecule has 0 aliphatic heterocycles. The highest BCUT2D eigenvalue weighted by Crippen LogP contribution is 2.18. The van der Waals surface area contributed by atoms with Gasteiger partial charge in [-0.2, -0.15) is 11.8 Å². The second-order valence-corrected chi connectivity index (χ2v) is 5.10. The predicted octanol–water partition coefficient (Wildman–Crippen LogP) is 2.02. The molecule has 84 valence electrons. The van der Waals surface area contributed by atoms with Crippen molar-refractivity contribution < 1.29 is 5.11 Å². The first-order valence-electron chi connectivity index (χ1n) is 5.75. The van der Waals surface area contributed by atoms with E-state index < -0.39 is 0 Å². The normalized spacial score (nSPS) is 27.0. The molecule has 0 spiro atoms. The van der Waals surface area contributed by atoms with Crippen molar-refractivity contribution in [2.75, 3.05) is 18.6 Å². The van der Waals surface area contributed by atoms with Crippen molar-refractivity contribution in [2.24, 2.45) is 0 Å². The van der Waals surface area contributed by atoms with Gasteiger partial charge in [0.2, 0.25) is 0 Å². The van der Waals surface area contributed by atoms with E-state index in [-0.39, 0.29) is 6.10 Å². The van der Waals surface area contributed by atoms with Crippen LogP contribution in [0.15, 0.2) is 0 Å². The third kappa shape index (κ3) is 4.67. The van der Waals surface area contributed by atoms with Crippen LogP contribution in [0, 0.1) is 0 Å². The van der Waals surface area contributed by atoms with Gasteiger partial charge in [-0.25, -0.2) is 0 Å². The van der Waals surface area contributed by atoms with Crippen molar-refractivity contribution in [1.29, 1.82) is 0 Å². The molecule has 1 aliphatic rings. The highest BCUT2D eigenvalue weighted by atomic mass is 32.2. The molecule has 0 radical (unpaired) electrons. The van der Waals surface area contributed by atoms with E-state index in [4.69, 9.17) is 0 Å². The van der Waals surface area contributed by atoms with E-state index in [0.717, 1.165) is 19.4 Å². The van der Waals surface area contributed by atoms with Crippen LogP contribution in [0.5, 0.6) is 0 Å². The third-order valence-corrected chi connectivity index (χ3v) is 3.61. The molecule has 3 heteroatoms. The Morgan fingerprint density at radius 2 is 2.14 bits per heavy atom. The molecule has 0 aromatic heterocycles. The molecule has 2 atom stereocenters. The van der Waals surface area contributed by atoms with Crippen LogP contribution in [0.1, 0.15) is 38.5 Å². The molecule has 2 unspecified atom stereocenters. The minimum Gasteiger partial charge on any atom is -0.392 e. The molecular weight excluding hydrogens is 194 g/mol. The fourth-order valence-corrected chi connectivity index (χ4v) is 2.51. The van der Waals surface area contributed by atoms with Crippen LogP contribution in [-0.4, -0.2) is 35.8 Å². The molecule has 14 heavy (non-hydrogen) atoms. The highest BCUT2D eigenvalue weighted by molar-refractivity contribution is 7.98. The fraction of sp³-hybridized carbons (Fsp3) is 1.00. The highest BCUT2D eigenvalue weighted by Gasteiger charge is 2.23. The molecule has 1 saturated carbocycles. The number of rotatable bonds is 7. The molecule has 0 amide bonds. The quantitative estimate of drug-likeness (QED) is 0.640. The summed E-state index contributed by atoms with van der Waals surface area (Å²) in [7, 11) is 0. The van der Waals surface area contributed by atoms with E-state index in [1.807, 2.05) is 11.8 Å². The zero-order valence-electron chi connectivity index (χ0n) is 9.17. The van der Waals surface area contributed by atoms with Gasteiger partial charge >= 0.3 is 0 Å². The average Bonchev–Trinajstić information content (AvgIpc) is 2.58. The van der Waals surface area contributed by atoms with Crippen molar-refractivity contribution >= 4 is 11.8 Å². The first-order valence-corrected chi connectivity index (χ1v) is 7.14. The molecule has 1 rings (SSSR count). The fourth-order valence-electron chi connectivity index (χ4n) is 2.01. The Morgan fingerprint density at radius 1 is 1.29 bits per heavy atom. The predicted molar refractivity (Wildman–Crippen MR) is 63.9 cm³/mol. The van der Waals surface area contributed by atoms with Gasteiger partial charge < -0.3 is 10.4 Å². The van der Waals surface area contributed by atoms with Crippen LogP contribution in [-0.2, 0) is 0 Å². The van der Waals surface area contributed by atoms with Crippen LogP contribution in [0.25, 0.3) is 0 Å². The van der Waals surface area contributed by atoms with Crippen molar-refractivity contribution in [3.63, 3.8) is 0 Å². The second kappa shape index (κ2) is 7.55. The molecular formula is C11H23NOS. The standard InChI is InChI=1S/C11H23NOS/c1-14-9-4-2-3-8-12-10-6-5-7-11(10)13/h10-13H,2-9H2,1H3. The Labute approximate surface area is 91.9 Å². The average molecular weight is 217 g/mol. The number of hydrogen-bond donors (Lipinski definition) is 2. The summed E-state index contributed by atoms with van der Waals surface area (Å²) in [5.41, 5.74) is 0. The van der Waals surface area contributed by atoms with E-state index in [9.17, 15) is 5.11 Å². The van der Waals surface area contributed by atoms with Crippen LogP contribution in [0.3, 0.4) is 0 Å². The van der Waals surface area contributed by atoms with Crippen molar-refractivity contribution in [3.05, 3.63) is 0 Å². The van der Waals surface area contributed by atoms with Gasteiger partial charge in [0.05, 0.1) is 6.10 Å². The molecule has 0 bridgehead atoms. The van der Waals surface area contributed by atoms with Gasteiger partial charge in [-0.3, -0.25) is 0 Å². The zero-order chi connectivity index (χ0) is 10.2. The monoisotopic (exact) mass is 217 g/mol. The smallest absolute Gasteiger partial charge is 0.0693 e. The largest absolute Gasteiger partial charge is 0.392 e. The van der Waals surface area contributed by atoms with E-state index in [0.29, 0.717) is 6.04 Å². The van der Waals surface area contributed by atoms with Crippen molar-refractivity contribution in [2.45, 2.75) is 50.7 Å². The number of aliphatic hydroxyl groups is 1. The lowest BCUT2D eigenvalue weighted by Gasteiger charge is -2.15. The zero-order valence-corrected chi connectivity index (χ0v) is 9.98. The van der Waals surface area contributed by atoms with Crippen molar-refractivity contribution in [3.8, 4) is 0 Å². The number of nitrogens with one attached hydrogen (secondary N) is 1. The first kappa shape index (κ1) is 12.3. The van der Waals surface area contributed by atoms with E-state index in [2.05, 4.69) is 11.6 Å². The number of aliphatic hydroxyl groups excluding tert-OH is 1. The molecule has 0 aromatic rings. The third-order valence-electron chi connectivity index (χ3n) is 2.91. The lowest BCUT2D eigenvalue weighted by molar-refractivity contribution is 0.149. The van der Waals surface area contributed by atoms with Gasteiger partial charge in [-0.05, 0) is 50.7 Å². The first-order chi connectivity index (χ1) is 6.84. The van der Waals surface area contributed by atoms with Crippen LogP contribution < -0.4 is 5.32 Å². The van der Waals surface area contributed by atoms with Gasteiger partial charge in [0.15, 0.2) is 0 Å². The Kier molecular flexibility index (Phi) is 6.65. The molecule has 0 heterocycles. The molecule has 0 saturated heterocycles. The van der Waals surface area contributed by atoms with Gasteiger partial charge in [-0.15, -0.1) is 0 Å². The Hall–Kier alpha value is 0.270. The lowest BCUT2D eigenvalue weighted by atomic mass is 10.2. The summed E-state index contributed by atoms with van der Waals surface area (Å²) in [5.74, 6) is 1.28. The van der Waals surface area contributed by atoms with Crippen LogP contribution in [0.4, 0.5) is 0 Å². The second-order valence-electron chi connectivity index (χ2n) is 4.11.